The highest BCUT2D eigenvalue weighted by Gasteiger charge is 2.17. The molecule has 162 valence electrons. The fourth-order valence-corrected chi connectivity index (χ4v) is 4.82. The first-order valence-electron chi connectivity index (χ1n) is 9.72. The van der Waals surface area contributed by atoms with Crippen LogP contribution < -0.4 is 14.9 Å². The summed E-state index contributed by atoms with van der Waals surface area (Å²) in [5.74, 6) is 0.604. The van der Waals surface area contributed by atoms with Crippen molar-refractivity contribution in [3.63, 3.8) is 0 Å². The number of sulfonamides is 1. The minimum absolute atomic E-state index is 0.150. The van der Waals surface area contributed by atoms with E-state index in [-0.39, 0.29) is 4.90 Å². The van der Waals surface area contributed by atoms with Crippen molar-refractivity contribution < 1.29 is 13.2 Å². The van der Waals surface area contributed by atoms with E-state index < -0.39 is 10.0 Å². The molecule has 0 radical (unpaired) electrons. The maximum Gasteiger partial charge on any atom is 0.262 e. The lowest BCUT2D eigenvalue weighted by atomic mass is 10.2. The van der Waals surface area contributed by atoms with Gasteiger partial charge < -0.3 is 15.0 Å². The van der Waals surface area contributed by atoms with Crippen LogP contribution in [0, 0.1) is 6.92 Å². The number of rotatable bonds is 6. The number of nitrogens with one attached hydrogen (secondary N) is 2. The van der Waals surface area contributed by atoms with Gasteiger partial charge in [-0.1, -0.05) is 17.7 Å². The van der Waals surface area contributed by atoms with Crippen LogP contribution in [0.3, 0.4) is 0 Å². The summed E-state index contributed by atoms with van der Waals surface area (Å²) in [6.45, 7) is 4.73. The molecule has 1 fully saturated rings. The summed E-state index contributed by atoms with van der Waals surface area (Å²) in [7, 11) is -3.75. The molecule has 31 heavy (non-hydrogen) atoms. The first-order chi connectivity index (χ1) is 14.9. The van der Waals surface area contributed by atoms with Crippen molar-refractivity contribution in [2.45, 2.75) is 11.8 Å². The minimum atomic E-state index is -3.75. The number of benzene rings is 2. The molecule has 0 bridgehead atoms. The number of anilines is 4. The standard InChI is InChI=1S/C21H22ClN5O3S/c1-15-2-3-16(22)12-20(15)31(28,29)26-18-6-4-17(5-7-18)24-21-13-19(14-23-25-21)27-8-10-30-11-9-27/h2-7,12-14,26H,8-11H2,1H3,(H,24,25). The summed E-state index contributed by atoms with van der Waals surface area (Å²) >= 11 is 5.96. The van der Waals surface area contributed by atoms with Crippen LogP contribution >= 0.6 is 11.6 Å². The number of hydrogen-bond acceptors (Lipinski definition) is 7. The second-order valence-electron chi connectivity index (χ2n) is 7.12. The maximum absolute atomic E-state index is 12.7. The zero-order valence-corrected chi connectivity index (χ0v) is 18.4. The van der Waals surface area contributed by atoms with E-state index in [1.165, 1.54) is 6.07 Å². The largest absolute Gasteiger partial charge is 0.378 e. The third kappa shape index (κ3) is 5.25. The Morgan fingerprint density at radius 3 is 2.48 bits per heavy atom. The van der Waals surface area contributed by atoms with Crippen molar-refractivity contribution in [1.82, 2.24) is 10.2 Å². The monoisotopic (exact) mass is 459 g/mol. The smallest absolute Gasteiger partial charge is 0.262 e. The van der Waals surface area contributed by atoms with Crippen molar-refractivity contribution in [1.29, 1.82) is 0 Å². The molecule has 8 nitrogen and oxygen atoms in total. The number of hydrogen-bond donors (Lipinski definition) is 2. The van der Waals surface area contributed by atoms with E-state index in [0.717, 1.165) is 24.5 Å². The summed E-state index contributed by atoms with van der Waals surface area (Å²) in [5.41, 5.74) is 2.80. The zero-order valence-electron chi connectivity index (χ0n) is 16.9. The van der Waals surface area contributed by atoms with Crippen LogP contribution in [0.1, 0.15) is 5.56 Å². The second kappa shape index (κ2) is 9.09. The average Bonchev–Trinajstić information content (AvgIpc) is 2.77. The van der Waals surface area contributed by atoms with Gasteiger partial charge in [0.1, 0.15) is 0 Å². The van der Waals surface area contributed by atoms with E-state index in [2.05, 4.69) is 25.1 Å². The second-order valence-corrected chi connectivity index (χ2v) is 9.20. The predicted octanol–water partition coefficient (Wildman–Crippen LogP) is 3.82. The van der Waals surface area contributed by atoms with Gasteiger partial charge in [0.2, 0.25) is 0 Å². The highest BCUT2D eigenvalue weighted by molar-refractivity contribution is 7.92. The molecule has 3 aromatic rings. The van der Waals surface area contributed by atoms with Gasteiger partial charge in [-0.3, -0.25) is 4.72 Å². The van der Waals surface area contributed by atoms with E-state index in [0.29, 0.717) is 35.3 Å². The third-order valence-electron chi connectivity index (χ3n) is 4.87. The van der Waals surface area contributed by atoms with Gasteiger partial charge in [-0.15, -0.1) is 5.10 Å². The quantitative estimate of drug-likeness (QED) is 0.578. The van der Waals surface area contributed by atoms with Crippen LogP contribution in [0.5, 0.6) is 0 Å². The van der Waals surface area contributed by atoms with E-state index in [1.807, 2.05) is 6.07 Å². The lowest BCUT2D eigenvalue weighted by Gasteiger charge is -2.28. The van der Waals surface area contributed by atoms with Crippen molar-refractivity contribution >= 4 is 44.5 Å². The molecule has 2 aromatic carbocycles. The van der Waals surface area contributed by atoms with Crippen LogP contribution in [0.4, 0.5) is 22.9 Å². The highest BCUT2D eigenvalue weighted by atomic mass is 35.5. The van der Waals surface area contributed by atoms with E-state index in [4.69, 9.17) is 16.3 Å². The molecular formula is C21H22ClN5O3S. The number of ether oxygens (including phenoxy) is 1. The van der Waals surface area contributed by atoms with E-state index in [9.17, 15) is 8.42 Å². The van der Waals surface area contributed by atoms with Crippen LogP contribution in [-0.4, -0.2) is 44.9 Å². The summed E-state index contributed by atoms with van der Waals surface area (Å²) in [5, 5.41) is 11.8. The number of aromatic nitrogens is 2. The average molecular weight is 460 g/mol. The third-order valence-corrected chi connectivity index (χ3v) is 6.62. The van der Waals surface area contributed by atoms with E-state index >= 15 is 0 Å². The van der Waals surface area contributed by atoms with Crippen molar-refractivity contribution in [2.75, 3.05) is 41.2 Å². The maximum atomic E-state index is 12.7. The Hall–Kier alpha value is -2.88. The number of nitrogens with zero attached hydrogens (tertiary/aromatic N) is 3. The van der Waals surface area contributed by atoms with E-state index in [1.54, 1.807) is 49.5 Å². The molecule has 0 saturated carbocycles. The van der Waals surface area contributed by atoms with Crippen LogP contribution in [0.25, 0.3) is 0 Å². The summed E-state index contributed by atoms with van der Waals surface area (Å²) < 4.78 is 33.4. The number of morpholine rings is 1. The molecule has 10 heteroatoms. The van der Waals surface area contributed by atoms with Crippen LogP contribution in [-0.2, 0) is 14.8 Å². The van der Waals surface area contributed by atoms with Gasteiger partial charge in [0.05, 0.1) is 30.0 Å². The molecule has 0 spiro atoms. The Bertz CT molecular complexity index is 1170. The Balaban J connectivity index is 1.46. The Labute approximate surface area is 186 Å². The molecule has 4 rings (SSSR count). The fraction of sp³-hybridized carbons (Fsp3) is 0.238. The predicted molar refractivity (Wildman–Crippen MR) is 122 cm³/mol. The molecule has 2 heterocycles. The van der Waals surface area contributed by atoms with Gasteiger partial charge in [-0.05, 0) is 48.9 Å². The molecule has 0 aliphatic carbocycles. The number of aryl methyl sites for hydroxylation is 1. The van der Waals surface area contributed by atoms with Gasteiger partial charge in [0, 0.05) is 35.6 Å². The van der Waals surface area contributed by atoms with Gasteiger partial charge in [-0.25, -0.2) is 8.42 Å². The van der Waals surface area contributed by atoms with Crippen molar-refractivity contribution in [3.05, 3.63) is 65.3 Å². The highest BCUT2D eigenvalue weighted by Crippen LogP contribution is 2.25. The van der Waals surface area contributed by atoms with Gasteiger partial charge >= 0.3 is 0 Å². The molecule has 1 aliphatic heterocycles. The van der Waals surface area contributed by atoms with Crippen LogP contribution in [0.2, 0.25) is 5.02 Å². The van der Waals surface area contributed by atoms with Crippen LogP contribution in [0.15, 0.2) is 59.6 Å². The first kappa shape index (κ1) is 21.4. The molecule has 0 unspecified atom stereocenters. The topological polar surface area (TPSA) is 96.5 Å². The molecule has 0 atom stereocenters. The number of halogens is 1. The molecule has 1 saturated heterocycles. The summed E-state index contributed by atoms with van der Waals surface area (Å²) in [6, 6.07) is 13.6. The zero-order chi connectivity index (χ0) is 21.8. The molecule has 1 aromatic heterocycles. The normalized spacial score (nSPS) is 14.3. The first-order valence-corrected chi connectivity index (χ1v) is 11.6. The Morgan fingerprint density at radius 2 is 1.74 bits per heavy atom. The molecule has 0 amide bonds. The van der Waals surface area contributed by atoms with Crippen molar-refractivity contribution in [2.24, 2.45) is 0 Å². The SMILES string of the molecule is Cc1ccc(Cl)cc1S(=O)(=O)Nc1ccc(Nc2cc(N3CCOCC3)cnn2)cc1. The molecule has 2 N–H and O–H groups in total. The van der Waals surface area contributed by atoms with Crippen molar-refractivity contribution in [3.8, 4) is 0 Å². The van der Waals surface area contributed by atoms with Gasteiger partial charge in [0.15, 0.2) is 5.82 Å². The fourth-order valence-electron chi connectivity index (χ4n) is 3.26. The lowest BCUT2D eigenvalue weighted by molar-refractivity contribution is 0.122. The summed E-state index contributed by atoms with van der Waals surface area (Å²) in [4.78, 5) is 2.34. The molecule has 1 aliphatic rings. The Kier molecular flexibility index (Phi) is 6.26. The Morgan fingerprint density at radius 1 is 1.03 bits per heavy atom. The minimum Gasteiger partial charge on any atom is -0.378 e. The van der Waals surface area contributed by atoms with Gasteiger partial charge in [-0.2, -0.15) is 5.10 Å². The van der Waals surface area contributed by atoms with Gasteiger partial charge in [0.25, 0.3) is 10.0 Å². The lowest BCUT2D eigenvalue weighted by Crippen LogP contribution is -2.36. The summed E-state index contributed by atoms with van der Waals surface area (Å²) in [6.07, 6.45) is 1.73. The molecular weight excluding hydrogens is 438 g/mol.